The summed E-state index contributed by atoms with van der Waals surface area (Å²) in [6.45, 7) is 1.47. The number of rotatable bonds is 3. The highest BCUT2D eigenvalue weighted by Gasteiger charge is 1.74. The molecule has 0 rings (SSSR count). The maximum Gasteiger partial charge on any atom is 0.0513 e. The smallest absolute Gasteiger partial charge is 0.0513 e. The van der Waals surface area contributed by atoms with E-state index < -0.39 is 0 Å². The molecule has 0 bridgehead atoms. The highest BCUT2D eigenvalue weighted by Crippen LogP contribution is 1.84. The van der Waals surface area contributed by atoms with Crippen LogP contribution >= 0.6 is 9.47 Å². The Labute approximate surface area is 40.3 Å². The summed E-state index contributed by atoms with van der Waals surface area (Å²) in [4.78, 5) is 0. The monoisotopic (exact) mass is 107 g/mol. The Morgan fingerprint density at radius 3 is 2.50 bits per heavy atom. The molecule has 0 aromatic carbocycles. The Bertz CT molecular complexity index is 22.8. The number of hydrogen-bond donors (Lipinski definition) is 1. The van der Waals surface area contributed by atoms with Gasteiger partial charge in [0.1, 0.15) is 0 Å². The molecule has 0 saturated carbocycles. The molecule has 0 spiro atoms. The van der Waals surface area contributed by atoms with E-state index >= 15 is 0 Å². The van der Waals surface area contributed by atoms with Gasteiger partial charge in [-0.3, -0.25) is 0 Å². The first-order valence-corrected chi connectivity index (χ1v) is 2.40. The summed E-state index contributed by atoms with van der Waals surface area (Å²) in [5.74, 6) is 0. The van der Waals surface area contributed by atoms with E-state index in [0.29, 0.717) is 6.54 Å². The molecule has 3 heteroatoms. The Morgan fingerprint density at radius 1 is 1.67 bits per heavy atom. The van der Waals surface area contributed by atoms with Crippen LogP contribution in [0.1, 0.15) is 6.42 Å². The van der Waals surface area contributed by atoms with Gasteiger partial charge in [0.15, 0.2) is 0 Å². The van der Waals surface area contributed by atoms with Gasteiger partial charge >= 0.3 is 0 Å². The van der Waals surface area contributed by atoms with E-state index in [-0.39, 0.29) is 0 Å². The summed E-state index contributed by atoms with van der Waals surface area (Å²) in [6, 6.07) is 0. The lowest BCUT2D eigenvalue weighted by atomic mass is 10.5. The van der Waals surface area contributed by atoms with Crippen LogP contribution in [0.2, 0.25) is 0 Å². The van der Waals surface area contributed by atoms with Crippen molar-refractivity contribution in [1.29, 1.82) is 0 Å². The Balaban J connectivity index is 2.34. The molecule has 2 N–H and O–H groups in total. The van der Waals surface area contributed by atoms with Gasteiger partial charge < -0.3 is 10.3 Å². The zero-order valence-corrected chi connectivity index (χ0v) is 4.84. The normalized spacial score (nSPS) is 9.00. The van der Waals surface area contributed by atoms with E-state index in [0.717, 1.165) is 13.0 Å². The Morgan fingerprint density at radius 2 is 2.33 bits per heavy atom. The van der Waals surface area contributed by atoms with Crippen LogP contribution in [0.25, 0.3) is 0 Å². The minimum absolute atomic E-state index is 0.717. The second-order valence-corrected chi connectivity index (χ2v) is 1.35. The molecule has 0 heterocycles. The average Bonchev–Trinajstić information content (AvgIpc) is 1.61. The molecule has 0 aliphatic carbocycles. The molecule has 0 aromatic heterocycles. The van der Waals surface area contributed by atoms with Crippen LogP contribution in [0, 0.1) is 0 Å². The largest absolute Gasteiger partial charge is 0.366 e. The first-order valence-electron chi connectivity index (χ1n) is 1.93. The van der Waals surface area contributed by atoms with Gasteiger partial charge in [0, 0.05) is 9.47 Å². The van der Waals surface area contributed by atoms with Gasteiger partial charge in [0.2, 0.25) is 0 Å². The number of nitrogens with two attached hydrogens (primary N) is 1. The lowest BCUT2D eigenvalue weighted by Gasteiger charge is -1.89. The maximum absolute atomic E-state index is 5.13. The van der Waals surface area contributed by atoms with Crippen LogP contribution in [0.4, 0.5) is 0 Å². The van der Waals surface area contributed by atoms with Crippen molar-refractivity contribution in [3.05, 3.63) is 0 Å². The lowest BCUT2D eigenvalue weighted by molar-refractivity contribution is 0.366. The van der Waals surface area contributed by atoms with Crippen LogP contribution in [0.3, 0.4) is 0 Å². The molecule has 38 valence electrons. The molecule has 1 atom stereocenters. The van der Waals surface area contributed by atoms with E-state index in [1.807, 2.05) is 0 Å². The van der Waals surface area contributed by atoms with Crippen LogP contribution < -0.4 is 5.73 Å². The highest BCUT2D eigenvalue weighted by molar-refractivity contribution is 7.09. The summed E-state index contributed by atoms with van der Waals surface area (Å²) >= 11 is 0. The summed E-state index contributed by atoms with van der Waals surface area (Å²) in [5, 5.41) is 0. The second kappa shape index (κ2) is 5.35. The summed E-state index contributed by atoms with van der Waals surface area (Å²) < 4.78 is 4.62. The predicted octanol–water partition coefficient (Wildman–Crippen LogP) is 0.142. The van der Waals surface area contributed by atoms with E-state index in [9.17, 15) is 0 Å². The van der Waals surface area contributed by atoms with Gasteiger partial charge in [-0.15, -0.1) is 0 Å². The lowest BCUT2D eigenvalue weighted by Crippen LogP contribution is -2.00. The van der Waals surface area contributed by atoms with E-state index in [4.69, 9.17) is 5.73 Å². The molecule has 0 amide bonds. The van der Waals surface area contributed by atoms with Crippen LogP contribution in [0.5, 0.6) is 0 Å². The molecule has 2 nitrogen and oxygen atoms in total. The SMILES string of the molecule is NCCCOP. The molecule has 1 unspecified atom stereocenters. The van der Waals surface area contributed by atoms with E-state index in [1.165, 1.54) is 0 Å². The van der Waals surface area contributed by atoms with Crippen molar-refractivity contribution in [2.45, 2.75) is 6.42 Å². The molecule has 0 aliphatic heterocycles. The maximum atomic E-state index is 5.13. The first-order chi connectivity index (χ1) is 2.91. The molecule has 0 saturated heterocycles. The van der Waals surface area contributed by atoms with Crippen molar-refractivity contribution in [2.75, 3.05) is 13.2 Å². The topological polar surface area (TPSA) is 35.2 Å². The zero-order valence-electron chi connectivity index (χ0n) is 3.68. The van der Waals surface area contributed by atoms with Crippen LogP contribution in [-0.4, -0.2) is 13.2 Å². The van der Waals surface area contributed by atoms with E-state index in [1.54, 1.807) is 0 Å². The van der Waals surface area contributed by atoms with E-state index in [2.05, 4.69) is 14.0 Å². The van der Waals surface area contributed by atoms with Crippen molar-refractivity contribution in [3.8, 4) is 0 Å². The van der Waals surface area contributed by atoms with Gasteiger partial charge in [-0.25, -0.2) is 0 Å². The first kappa shape index (κ1) is 6.35. The third kappa shape index (κ3) is 4.35. The number of hydrogen-bond acceptors (Lipinski definition) is 2. The summed E-state index contributed by atoms with van der Waals surface area (Å²) in [6.07, 6.45) is 0.948. The van der Waals surface area contributed by atoms with Crippen LogP contribution in [0.15, 0.2) is 0 Å². The summed E-state index contributed by atoms with van der Waals surface area (Å²) in [5.41, 5.74) is 5.13. The molecule has 0 radical (unpaired) electrons. The summed E-state index contributed by atoms with van der Waals surface area (Å²) in [7, 11) is 2.17. The molecule has 0 aromatic rings. The minimum Gasteiger partial charge on any atom is -0.366 e. The van der Waals surface area contributed by atoms with Crippen molar-refractivity contribution in [3.63, 3.8) is 0 Å². The third-order valence-electron chi connectivity index (χ3n) is 0.466. The fraction of sp³-hybridized carbons (Fsp3) is 1.00. The van der Waals surface area contributed by atoms with Crippen molar-refractivity contribution >= 4 is 9.47 Å². The van der Waals surface area contributed by atoms with Crippen molar-refractivity contribution < 1.29 is 4.52 Å². The van der Waals surface area contributed by atoms with Gasteiger partial charge in [-0.2, -0.15) is 0 Å². The molecule has 0 fully saturated rings. The molecule has 0 aliphatic rings. The average molecular weight is 107 g/mol. The molecular weight excluding hydrogens is 97.0 g/mol. The Hall–Kier alpha value is 0.350. The van der Waals surface area contributed by atoms with Gasteiger partial charge in [0.25, 0.3) is 0 Å². The van der Waals surface area contributed by atoms with Crippen molar-refractivity contribution in [2.24, 2.45) is 5.73 Å². The van der Waals surface area contributed by atoms with Gasteiger partial charge in [-0.1, -0.05) is 0 Å². The van der Waals surface area contributed by atoms with Gasteiger partial charge in [0.05, 0.1) is 6.61 Å². The quantitative estimate of drug-likeness (QED) is 0.411. The van der Waals surface area contributed by atoms with Crippen molar-refractivity contribution in [1.82, 2.24) is 0 Å². The molecule has 6 heavy (non-hydrogen) atoms. The van der Waals surface area contributed by atoms with Crippen LogP contribution in [-0.2, 0) is 4.52 Å². The minimum atomic E-state index is 0.717. The fourth-order valence-electron chi connectivity index (χ4n) is 0.167. The third-order valence-corrected chi connectivity index (χ3v) is 0.702. The molecular formula is C3H10NOP. The Kier molecular flexibility index (Phi) is 5.66. The standard InChI is InChI=1S/C3H10NOP/c4-2-1-3-5-6/h1-4,6H2. The van der Waals surface area contributed by atoms with Gasteiger partial charge in [-0.05, 0) is 13.0 Å². The highest BCUT2D eigenvalue weighted by atomic mass is 31.0. The zero-order chi connectivity index (χ0) is 4.83. The fourth-order valence-corrected chi connectivity index (χ4v) is 0.333. The predicted molar refractivity (Wildman–Crippen MR) is 29.3 cm³/mol. The second-order valence-electron chi connectivity index (χ2n) is 1.01.